The van der Waals surface area contributed by atoms with Gasteiger partial charge in [0.25, 0.3) is 0 Å². The van der Waals surface area contributed by atoms with E-state index >= 15 is 0 Å². The van der Waals surface area contributed by atoms with Gasteiger partial charge in [0, 0.05) is 10.6 Å². The lowest BCUT2D eigenvalue weighted by Crippen LogP contribution is -2.00. The zero-order valence-corrected chi connectivity index (χ0v) is 8.89. The van der Waals surface area contributed by atoms with Gasteiger partial charge < -0.3 is 5.11 Å². The van der Waals surface area contributed by atoms with E-state index in [-0.39, 0.29) is 0 Å². The van der Waals surface area contributed by atoms with E-state index in [2.05, 4.69) is 0 Å². The van der Waals surface area contributed by atoms with Crippen molar-refractivity contribution < 1.29 is 9.50 Å². The molecule has 0 radical (unpaired) electrons. The van der Waals surface area contributed by atoms with Crippen LogP contribution in [-0.2, 0) is 0 Å². The summed E-state index contributed by atoms with van der Waals surface area (Å²) in [5.74, 6) is -0.430. The third-order valence-corrected chi connectivity index (χ3v) is 2.39. The summed E-state index contributed by atoms with van der Waals surface area (Å²) in [4.78, 5) is 0. The molecule has 1 unspecified atom stereocenters. The highest BCUT2D eigenvalue weighted by Gasteiger charge is 2.11. The van der Waals surface area contributed by atoms with Gasteiger partial charge >= 0.3 is 0 Å². The first-order valence-corrected chi connectivity index (χ1v) is 5.16. The molecule has 3 heteroatoms. The van der Waals surface area contributed by atoms with Gasteiger partial charge in [0.05, 0.1) is 6.10 Å². The van der Waals surface area contributed by atoms with Crippen molar-refractivity contribution in [2.45, 2.75) is 32.3 Å². The number of benzene rings is 1. The Kier molecular flexibility index (Phi) is 4.36. The van der Waals surface area contributed by atoms with E-state index in [1.54, 1.807) is 6.07 Å². The molecular formula is C11H14ClFO. The highest BCUT2D eigenvalue weighted by Crippen LogP contribution is 2.24. The molecule has 14 heavy (non-hydrogen) atoms. The summed E-state index contributed by atoms with van der Waals surface area (Å²) in [5.41, 5.74) is 0.336. The van der Waals surface area contributed by atoms with E-state index in [9.17, 15) is 9.50 Å². The van der Waals surface area contributed by atoms with E-state index < -0.39 is 11.9 Å². The summed E-state index contributed by atoms with van der Waals surface area (Å²) in [6.07, 6.45) is 1.76. The van der Waals surface area contributed by atoms with Crippen LogP contribution in [0.3, 0.4) is 0 Å². The van der Waals surface area contributed by atoms with Gasteiger partial charge in [0.15, 0.2) is 0 Å². The number of halogens is 2. The molecule has 0 heterocycles. The minimum absolute atomic E-state index is 0.336. The molecular weight excluding hydrogens is 203 g/mol. The van der Waals surface area contributed by atoms with E-state index in [1.165, 1.54) is 12.1 Å². The monoisotopic (exact) mass is 216 g/mol. The molecule has 0 spiro atoms. The van der Waals surface area contributed by atoms with Gasteiger partial charge in [-0.1, -0.05) is 37.4 Å². The number of unbranched alkanes of at least 4 members (excludes halogenated alkanes) is 1. The van der Waals surface area contributed by atoms with Gasteiger partial charge in [-0.15, -0.1) is 0 Å². The summed E-state index contributed by atoms with van der Waals surface area (Å²) in [7, 11) is 0. The Labute approximate surface area is 88.5 Å². The highest BCUT2D eigenvalue weighted by molar-refractivity contribution is 6.30. The van der Waals surface area contributed by atoms with E-state index in [1.807, 2.05) is 6.92 Å². The van der Waals surface area contributed by atoms with Crippen molar-refractivity contribution >= 4 is 11.6 Å². The Bertz CT molecular complexity index is 301. The molecule has 0 saturated heterocycles. The molecule has 0 fully saturated rings. The average Bonchev–Trinajstić information content (AvgIpc) is 2.14. The van der Waals surface area contributed by atoms with Gasteiger partial charge in [-0.2, -0.15) is 0 Å². The van der Waals surface area contributed by atoms with Crippen LogP contribution in [0, 0.1) is 5.82 Å². The second kappa shape index (κ2) is 5.32. The number of aliphatic hydroxyl groups is 1. The Hall–Kier alpha value is -0.600. The van der Waals surface area contributed by atoms with Crippen LogP contribution in [-0.4, -0.2) is 5.11 Å². The zero-order valence-electron chi connectivity index (χ0n) is 8.13. The lowest BCUT2D eigenvalue weighted by Gasteiger charge is -2.11. The molecule has 0 saturated carbocycles. The molecule has 1 aromatic rings. The van der Waals surface area contributed by atoms with Gasteiger partial charge in [-0.05, 0) is 18.6 Å². The fourth-order valence-corrected chi connectivity index (χ4v) is 1.48. The van der Waals surface area contributed by atoms with Crippen molar-refractivity contribution in [1.29, 1.82) is 0 Å². The standard InChI is InChI=1S/C11H14ClFO/c1-2-3-4-11(14)9-6-5-8(12)7-10(9)13/h5-7,11,14H,2-4H2,1H3. The summed E-state index contributed by atoms with van der Waals surface area (Å²) in [5, 5.41) is 10.00. The maximum absolute atomic E-state index is 13.3. The molecule has 1 N–H and O–H groups in total. The van der Waals surface area contributed by atoms with Crippen LogP contribution in [0.15, 0.2) is 18.2 Å². The van der Waals surface area contributed by atoms with Crippen molar-refractivity contribution in [2.75, 3.05) is 0 Å². The largest absolute Gasteiger partial charge is 0.388 e. The molecule has 0 aliphatic heterocycles. The summed E-state index contributed by atoms with van der Waals surface area (Å²) >= 11 is 5.60. The first-order valence-electron chi connectivity index (χ1n) is 4.78. The minimum Gasteiger partial charge on any atom is -0.388 e. The van der Waals surface area contributed by atoms with Crippen molar-refractivity contribution in [2.24, 2.45) is 0 Å². The lowest BCUT2D eigenvalue weighted by molar-refractivity contribution is 0.159. The first kappa shape index (κ1) is 11.5. The molecule has 0 aliphatic rings. The van der Waals surface area contributed by atoms with Crippen molar-refractivity contribution in [1.82, 2.24) is 0 Å². The Morgan fingerprint density at radius 2 is 2.21 bits per heavy atom. The number of rotatable bonds is 4. The fraction of sp³-hybridized carbons (Fsp3) is 0.455. The van der Waals surface area contributed by atoms with Crippen LogP contribution >= 0.6 is 11.6 Å². The summed E-state index contributed by atoms with van der Waals surface area (Å²) in [6, 6.07) is 4.36. The normalized spacial score (nSPS) is 12.9. The summed E-state index contributed by atoms with van der Waals surface area (Å²) < 4.78 is 13.3. The number of hydrogen-bond acceptors (Lipinski definition) is 1. The van der Waals surface area contributed by atoms with Crippen LogP contribution in [0.4, 0.5) is 4.39 Å². The SMILES string of the molecule is CCCCC(O)c1ccc(Cl)cc1F. The van der Waals surface area contributed by atoms with Crippen LogP contribution in [0.2, 0.25) is 5.02 Å². The molecule has 1 atom stereocenters. The molecule has 78 valence electrons. The zero-order chi connectivity index (χ0) is 10.6. The maximum Gasteiger partial charge on any atom is 0.130 e. The second-order valence-corrected chi connectivity index (χ2v) is 3.76. The Balaban J connectivity index is 2.74. The Morgan fingerprint density at radius 3 is 2.79 bits per heavy atom. The molecule has 1 aromatic carbocycles. The van der Waals surface area contributed by atoms with Crippen LogP contribution in [0.25, 0.3) is 0 Å². The van der Waals surface area contributed by atoms with Gasteiger partial charge in [-0.3, -0.25) is 0 Å². The third kappa shape index (κ3) is 2.96. The fourth-order valence-electron chi connectivity index (χ4n) is 1.32. The molecule has 1 rings (SSSR count). The van der Waals surface area contributed by atoms with Crippen LogP contribution < -0.4 is 0 Å². The maximum atomic E-state index is 13.3. The van der Waals surface area contributed by atoms with E-state index in [4.69, 9.17) is 11.6 Å². The molecule has 1 nitrogen and oxygen atoms in total. The number of aliphatic hydroxyl groups excluding tert-OH is 1. The number of hydrogen-bond donors (Lipinski definition) is 1. The average molecular weight is 217 g/mol. The third-order valence-electron chi connectivity index (χ3n) is 2.15. The smallest absolute Gasteiger partial charge is 0.130 e. The predicted octanol–water partition coefficient (Wildman–Crippen LogP) is 3.70. The van der Waals surface area contributed by atoms with Crippen molar-refractivity contribution in [3.63, 3.8) is 0 Å². The molecule has 0 aromatic heterocycles. The predicted molar refractivity (Wildman–Crippen MR) is 55.9 cm³/mol. The molecule has 0 bridgehead atoms. The molecule has 0 amide bonds. The first-order chi connectivity index (χ1) is 6.65. The quantitative estimate of drug-likeness (QED) is 0.814. The van der Waals surface area contributed by atoms with Gasteiger partial charge in [-0.25, -0.2) is 4.39 Å². The van der Waals surface area contributed by atoms with Crippen molar-refractivity contribution in [3.05, 3.63) is 34.6 Å². The lowest BCUT2D eigenvalue weighted by atomic mass is 10.0. The minimum atomic E-state index is -0.716. The van der Waals surface area contributed by atoms with Crippen LogP contribution in [0.5, 0.6) is 0 Å². The van der Waals surface area contributed by atoms with E-state index in [0.717, 1.165) is 12.8 Å². The van der Waals surface area contributed by atoms with E-state index in [0.29, 0.717) is 17.0 Å². The van der Waals surface area contributed by atoms with Gasteiger partial charge in [0.2, 0.25) is 0 Å². The summed E-state index contributed by atoms with van der Waals surface area (Å²) in [6.45, 7) is 2.03. The Morgan fingerprint density at radius 1 is 1.50 bits per heavy atom. The topological polar surface area (TPSA) is 20.2 Å². The molecule has 0 aliphatic carbocycles. The second-order valence-electron chi connectivity index (χ2n) is 3.32. The van der Waals surface area contributed by atoms with Gasteiger partial charge in [0.1, 0.15) is 5.82 Å². The highest BCUT2D eigenvalue weighted by atomic mass is 35.5. The van der Waals surface area contributed by atoms with Crippen LogP contribution in [0.1, 0.15) is 37.9 Å². The van der Waals surface area contributed by atoms with Crippen molar-refractivity contribution in [3.8, 4) is 0 Å².